The summed E-state index contributed by atoms with van der Waals surface area (Å²) in [6.07, 6.45) is 14.6. The average Bonchev–Trinajstić information content (AvgIpc) is 3.53. The number of carbonyl (C=O) groups is 1. The van der Waals surface area contributed by atoms with E-state index in [1.165, 1.54) is 11.3 Å². The Morgan fingerprint density at radius 2 is 1.26 bits per heavy atom. The molecule has 65 heavy (non-hydrogen) atoms. The Morgan fingerprint density at radius 1 is 0.723 bits per heavy atom. The topological polar surface area (TPSA) is 106 Å². The number of carbonyl (C=O) groups excluding carboxylic acids is 1. The van der Waals surface area contributed by atoms with Gasteiger partial charge in [-0.05, 0) is 79.1 Å². The van der Waals surface area contributed by atoms with E-state index in [0.717, 1.165) is 104 Å². The monoisotopic (exact) mass is 908 g/mol. The number of unbranched alkanes of at least 4 members (excludes halogenated alkanes) is 4. The van der Waals surface area contributed by atoms with Gasteiger partial charge in [0.2, 0.25) is 0 Å². The number of para-hydroxylation sites is 2. The van der Waals surface area contributed by atoms with Crippen molar-refractivity contribution in [1.29, 1.82) is 5.26 Å². The second kappa shape index (κ2) is 22.1. The van der Waals surface area contributed by atoms with Crippen molar-refractivity contribution < 1.29 is 27.5 Å². The number of nitrogens with zero attached hydrogens (tertiary/aromatic N) is 3. The minimum absolute atomic E-state index is 0.0387. The van der Waals surface area contributed by atoms with E-state index in [1.54, 1.807) is 6.08 Å². The van der Waals surface area contributed by atoms with Gasteiger partial charge in [-0.25, -0.2) is 0 Å². The molecule has 3 fully saturated rings. The molecular weight excluding hydrogens is 849 g/mol. The summed E-state index contributed by atoms with van der Waals surface area (Å²) in [5.74, 6) is 0.717. The van der Waals surface area contributed by atoms with Crippen LogP contribution < -0.4 is 24.9 Å². The van der Waals surface area contributed by atoms with Gasteiger partial charge in [-0.3, -0.25) is 9.69 Å². The van der Waals surface area contributed by atoms with Gasteiger partial charge in [0.15, 0.2) is 11.5 Å². The number of amides is 1. The Kier molecular flexibility index (Phi) is 15.7. The fourth-order valence-electron chi connectivity index (χ4n) is 8.70. The summed E-state index contributed by atoms with van der Waals surface area (Å²) in [6, 6.07) is 38.8. The van der Waals surface area contributed by atoms with Gasteiger partial charge in [-0.2, -0.15) is 5.26 Å². The van der Waals surface area contributed by atoms with Crippen LogP contribution in [0.25, 0.3) is 18.2 Å². The Labute approximate surface area is 389 Å². The summed E-state index contributed by atoms with van der Waals surface area (Å²) < 4.78 is 32.4. The van der Waals surface area contributed by atoms with Crippen LogP contribution in [-0.2, 0) is 18.1 Å². The van der Waals surface area contributed by atoms with Crippen LogP contribution in [0.15, 0.2) is 115 Å². The summed E-state index contributed by atoms with van der Waals surface area (Å²) in [6.45, 7) is 9.66. The van der Waals surface area contributed by atoms with Crippen LogP contribution in [0.1, 0.15) is 80.5 Å². The van der Waals surface area contributed by atoms with Gasteiger partial charge in [0.1, 0.15) is 11.6 Å². The third kappa shape index (κ3) is 11.3. The normalized spacial score (nSPS) is 19.4. The third-order valence-corrected chi connectivity index (χ3v) is 16.2. The molecule has 9 rings (SSSR count). The van der Waals surface area contributed by atoms with Crippen LogP contribution in [0, 0.1) is 16.7 Å². The van der Waals surface area contributed by atoms with Crippen LogP contribution in [0.4, 0.5) is 22.7 Å². The van der Waals surface area contributed by atoms with Crippen molar-refractivity contribution in [3.63, 3.8) is 0 Å². The van der Waals surface area contributed by atoms with Crippen molar-refractivity contribution in [1.82, 2.24) is 4.90 Å². The number of hydrogen-bond acceptors (Lipinski definition) is 10. The summed E-state index contributed by atoms with van der Waals surface area (Å²) >= 11 is 1.45. The van der Waals surface area contributed by atoms with E-state index in [9.17, 15) is 10.1 Å². The maximum atomic E-state index is 13.8. The number of fused-ring (bicyclic) bond motifs is 7. The van der Waals surface area contributed by atoms with Gasteiger partial charge in [-0.15, -0.1) is 11.3 Å². The zero-order valence-electron chi connectivity index (χ0n) is 37.6. The Bertz CT molecular complexity index is 2360. The number of hydrogen-bond donors (Lipinski definition) is 1. The number of nitrogens with one attached hydrogen (secondary N) is 1. The smallest absolute Gasteiger partial charge is 0.487 e. The molecule has 0 atom stereocenters. The standard InChI is InChI=1S/C53H60N4O6SSi/c1-3-5-13-29-53(30-14-6-4-2)39-59-50-48(28-21-41-19-24-46(25-20-41)57(44-15-9-7-10-16-44)45-17-11-8-12-18-45)64-49(51(50)60-40-53)37-42(38-54)52(58)55-43-22-26-47(27-23-43)65-61-34-31-56(32-35-62-65)33-36-63-65/h7-12,15-28,37H,3-6,13-14,29-36,39-40H2,1-2H3,(H,55,58)/b28-21+,42-37+. The Balaban J connectivity index is 1.06. The van der Waals surface area contributed by atoms with Gasteiger partial charge < -0.3 is 33.0 Å². The molecule has 3 saturated heterocycles. The molecular formula is C53H60N4O6SSi. The zero-order valence-corrected chi connectivity index (χ0v) is 39.5. The molecule has 0 spiro atoms. The van der Waals surface area contributed by atoms with Crippen molar-refractivity contribution in [2.75, 3.05) is 62.9 Å². The lowest BCUT2D eigenvalue weighted by molar-refractivity contribution is -0.112. The molecule has 4 aromatic carbocycles. The van der Waals surface area contributed by atoms with Crippen molar-refractivity contribution >= 4 is 72.2 Å². The quantitative estimate of drug-likeness (QED) is 0.0422. The lowest BCUT2D eigenvalue weighted by atomic mass is 9.79. The minimum Gasteiger partial charge on any atom is -0.487 e. The molecule has 10 nitrogen and oxygen atoms in total. The van der Waals surface area contributed by atoms with Crippen LogP contribution >= 0.6 is 11.3 Å². The van der Waals surface area contributed by atoms with Gasteiger partial charge in [0, 0.05) is 53.0 Å². The SMILES string of the molecule is CCCCCC1(CCCCC)COc2c(/C=C/c3ccc(N(c4ccccc4)c4ccccc4)cc3)sc(/C=C(\C#N)C(=O)Nc3ccc([Si]45OCCN(CCO4)CCO5)cc3)c2OC1. The fraction of sp³-hybridized carbons (Fsp3) is 0.358. The highest BCUT2D eigenvalue weighted by atomic mass is 32.1. The lowest BCUT2D eigenvalue weighted by Gasteiger charge is -2.38. The molecule has 1 aromatic heterocycles. The van der Waals surface area contributed by atoms with E-state index in [4.69, 9.17) is 22.8 Å². The predicted molar refractivity (Wildman–Crippen MR) is 264 cm³/mol. The second-order valence-electron chi connectivity index (χ2n) is 17.1. The molecule has 1 N–H and O–H groups in total. The van der Waals surface area contributed by atoms with Crippen LogP contribution in [0.5, 0.6) is 11.5 Å². The molecule has 4 aliphatic rings. The van der Waals surface area contributed by atoms with Crippen molar-refractivity contribution in [3.8, 4) is 17.6 Å². The maximum Gasteiger partial charge on any atom is 0.537 e. The van der Waals surface area contributed by atoms with Crippen LogP contribution in [0.2, 0.25) is 0 Å². The van der Waals surface area contributed by atoms with Gasteiger partial charge in [-0.1, -0.05) is 119 Å². The molecule has 338 valence electrons. The highest BCUT2D eigenvalue weighted by Gasteiger charge is 2.46. The van der Waals surface area contributed by atoms with E-state index >= 15 is 0 Å². The number of ether oxygens (including phenoxy) is 2. The van der Waals surface area contributed by atoms with Gasteiger partial charge in [0.05, 0.1) is 42.8 Å². The lowest BCUT2D eigenvalue weighted by Crippen LogP contribution is -2.62. The predicted octanol–water partition coefficient (Wildman–Crippen LogP) is 11.4. The number of nitriles is 1. The molecule has 1 amide bonds. The van der Waals surface area contributed by atoms with E-state index in [0.29, 0.717) is 55.1 Å². The first-order valence-electron chi connectivity index (χ1n) is 23.2. The minimum atomic E-state index is -3.09. The van der Waals surface area contributed by atoms with E-state index in [2.05, 4.69) is 120 Å². The number of benzene rings is 4. The highest BCUT2D eigenvalue weighted by Crippen LogP contribution is 2.49. The van der Waals surface area contributed by atoms with Crippen LogP contribution in [-0.4, -0.2) is 72.3 Å². The first kappa shape index (κ1) is 46.0. The molecule has 5 aromatic rings. The highest BCUT2D eigenvalue weighted by molar-refractivity contribution is 7.14. The average molecular weight is 909 g/mol. The fourth-order valence-corrected chi connectivity index (χ4v) is 12.1. The third-order valence-electron chi connectivity index (χ3n) is 12.4. The van der Waals surface area contributed by atoms with Crippen molar-refractivity contribution in [2.24, 2.45) is 5.41 Å². The number of thiophene rings is 1. The van der Waals surface area contributed by atoms with Crippen molar-refractivity contribution in [3.05, 3.63) is 130 Å². The molecule has 2 bridgehead atoms. The molecule has 12 heteroatoms. The second-order valence-corrected chi connectivity index (χ2v) is 20.7. The molecule has 0 unspecified atom stereocenters. The van der Waals surface area contributed by atoms with E-state index in [-0.39, 0.29) is 11.0 Å². The zero-order chi connectivity index (χ0) is 44.9. The van der Waals surface area contributed by atoms with Crippen LogP contribution in [0.3, 0.4) is 0 Å². The largest absolute Gasteiger partial charge is 0.537 e. The first-order valence-corrected chi connectivity index (χ1v) is 25.7. The van der Waals surface area contributed by atoms with Gasteiger partial charge in [0.25, 0.3) is 5.91 Å². The van der Waals surface area contributed by atoms with E-state index in [1.807, 2.05) is 36.4 Å². The Hall–Kier alpha value is -5.52. The molecule has 0 saturated carbocycles. The summed E-state index contributed by atoms with van der Waals surface area (Å²) in [5.41, 5.74) is 4.58. The first-order chi connectivity index (χ1) is 31.9. The molecule has 5 heterocycles. The Morgan fingerprint density at radius 3 is 1.80 bits per heavy atom. The number of anilines is 4. The molecule has 0 aliphatic carbocycles. The van der Waals surface area contributed by atoms with Gasteiger partial charge >= 0.3 is 8.80 Å². The molecule has 0 radical (unpaired) electrons. The van der Waals surface area contributed by atoms with E-state index < -0.39 is 14.7 Å². The maximum absolute atomic E-state index is 13.8. The summed E-state index contributed by atoms with van der Waals surface area (Å²) in [5, 5.41) is 14.2. The summed E-state index contributed by atoms with van der Waals surface area (Å²) in [4.78, 5) is 19.9. The van der Waals surface area contributed by atoms with Crippen molar-refractivity contribution in [2.45, 2.75) is 65.2 Å². The summed E-state index contributed by atoms with van der Waals surface area (Å²) in [7, 11) is -3.09. The molecule has 4 aliphatic heterocycles. The number of rotatable bonds is 17.